The SMILES string of the molecule is CCCNC1(CC(N)=O)CCCC(CC)CC1. The molecule has 1 aliphatic carbocycles. The van der Waals surface area contributed by atoms with E-state index in [1.807, 2.05) is 0 Å². The molecule has 0 aromatic carbocycles. The molecular weight excluding hydrogens is 212 g/mol. The number of rotatable bonds is 6. The highest BCUT2D eigenvalue weighted by atomic mass is 16.1. The third-order valence-corrected chi connectivity index (χ3v) is 4.14. The second kappa shape index (κ2) is 7.00. The molecule has 1 aliphatic rings. The fourth-order valence-corrected chi connectivity index (χ4v) is 3.03. The monoisotopic (exact) mass is 240 g/mol. The zero-order valence-corrected chi connectivity index (χ0v) is 11.4. The maximum absolute atomic E-state index is 11.3. The number of nitrogens with one attached hydrogen (secondary N) is 1. The molecule has 0 aliphatic heterocycles. The Morgan fingerprint density at radius 2 is 2.12 bits per heavy atom. The van der Waals surface area contributed by atoms with Crippen LogP contribution in [-0.2, 0) is 4.79 Å². The molecule has 3 heteroatoms. The molecule has 1 saturated carbocycles. The summed E-state index contributed by atoms with van der Waals surface area (Å²) in [5, 5.41) is 3.60. The predicted octanol–water partition coefficient (Wildman–Crippen LogP) is 2.59. The standard InChI is InChI=1S/C14H28N2O/c1-3-10-16-14(11-13(15)17)8-5-6-12(4-2)7-9-14/h12,16H,3-11H2,1-2H3,(H2,15,17). The summed E-state index contributed by atoms with van der Waals surface area (Å²) in [5.74, 6) is 0.678. The van der Waals surface area contributed by atoms with Crippen molar-refractivity contribution < 1.29 is 4.79 Å². The van der Waals surface area contributed by atoms with Crippen molar-refractivity contribution in [3.63, 3.8) is 0 Å². The van der Waals surface area contributed by atoms with Crippen LogP contribution in [0.2, 0.25) is 0 Å². The first kappa shape index (κ1) is 14.5. The number of amides is 1. The lowest BCUT2D eigenvalue weighted by Crippen LogP contribution is -2.48. The van der Waals surface area contributed by atoms with Gasteiger partial charge in [-0.05, 0) is 38.1 Å². The second-order valence-corrected chi connectivity index (χ2v) is 5.56. The molecule has 0 bridgehead atoms. The number of nitrogens with two attached hydrogens (primary N) is 1. The molecule has 0 saturated heterocycles. The zero-order valence-electron chi connectivity index (χ0n) is 11.4. The highest BCUT2D eigenvalue weighted by Gasteiger charge is 2.33. The van der Waals surface area contributed by atoms with E-state index in [0.29, 0.717) is 6.42 Å². The summed E-state index contributed by atoms with van der Waals surface area (Å²) < 4.78 is 0. The molecule has 1 fully saturated rings. The van der Waals surface area contributed by atoms with E-state index >= 15 is 0 Å². The lowest BCUT2D eigenvalue weighted by Gasteiger charge is -2.33. The van der Waals surface area contributed by atoms with Crippen molar-refractivity contribution in [2.75, 3.05) is 6.54 Å². The lowest BCUT2D eigenvalue weighted by molar-refractivity contribution is -0.119. The summed E-state index contributed by atoms with van der Waals surface area (Å²) in [7, 11) is 0. The Labute approximate surface area is 106 Å². The molecule has 0 aromatic rings. The Bertz CT molecular complexity index is 242. The first-order valence-electron chi connectivity index (χ1n) is 7.15. The van der Waals surface area contributed by atoms with Crippen LogP contribution in [0.1, 0.15) is 65.2 Å². The first-order valence-corrected chi connectivity index (χ1v) is 7.15. The van der Waals surface area contributed by atoms with Gasteiger partial charge in [0.15, 0.2) is 0 Å². The van der Waals surface area contributed by atoms with Gasteiger partial charge in [-0.25, -0.2) is 0 Å². The highest BCUT2D eigenvalue weighted by Crippen LogP contribution is 2.33. The molecule has 3 N–H and O–H groups in total. The summed E-state index contributed by atoms with van der Waals surface area (Å²) in [5.41, 5.74) is 5.41. The van der Waals surface area contributed by atoms with Crippen LogP contribution in [-0.4, -0.2) is 18.0 Å². The van der Waals surface area contributed by atoms with Gasteiger partial charge in [-0.1, -0.05) is 33.1 Å². The summed E-state index contributed by atoms with van der Waals surface area (Å²) in [6.07, 6.45) is 8.86. The summed E-state index contributed by atoms with van der Waals surface area (Å²) in [6.45, 7) is 5.42. The van der Waals surface area contributed by atoms with Gasteiger partial charge in [-0.2, -0.15) is 0 Å². The van der Waals surface area contributed by atoms with Gasteiger partial charge in [0.25, 0.3) is 0 Å². The third-order valence-electron chi connectivity index (χ3n) is 4.14. The van der Waals surface area contributed by atoms with Crippen LogP contribution in [0, 0.1) is 5.92 Å². The van der Waals surface area contributed by atoms with E-state index < -0.39 is 0 Å². The van der Waals surface area contributed by atoms with Crippen LogP contribution >= 0.6 is 0 Å². The Morgan fingerprint density at radius 1 is 1.35 bits per heavy atom. The lowest BCUT2D eigenvalue weighted by atomic mass is 9.85. The molecule has 0 radical (unpaired) electrons. The average molecular weight is 240 g/mol. The van der Waals surface area contributed by atoms with E-state index in [4.69, 9.17) is 5.73 Å². The Balaban J connectivity index is 2.64. The molecule has 0 aromatic heterocycles. The van der Waals surface area contributed by atoms with E-state index in [9.17, 15) is 4.79 Å². The van der Waals surface area contributed by atoms with Gasteiger partial charge in [-0.3, -0.25) is 4.79 Å². The van der Waals surface area contributed by atoms with E-state index in [1.165, 1.54) is 25.7 Å². The summed E-state index contributed by atoms with van der Waals surface area (Å²) in [6, 6.07) is 0. The zero-order chi connectivity index (χ0) is 12.7. The van der Waals surface area contributed by atoms with Gasteiger partial charge < -0.3 is 11.1 Å². The normalized spacial score (nSPS) is 29.9. The number of hydrogen-bond acceptors (Lipinski definition) is 2. The Morgan fingerprint density at radius 3 is 2.71 bits per heavy atom. The molecule has 3 nitrogen and oxygen atoms in total. The van der Waals surface area contributed by atoms with Crippen LogP contribution in [0.5, 0.6) is 0 Å². The molecule has 100 valence electrons. The molecule has 1 amide bonds. The molecule has 0 spiro atoms. The van der Waals surface area contributed by atoms with Gasteiger partial charge in [0.1, 0.15) is 0 Å². The molecule has 1 rings (SSSR count). The van der Waals surface area contributed by atoms with Gasteiger partial charge >= 0.3 is 0 Å². The van der Waals surface area contributed by atoms with E-state index in [2.05, 4.69) is 19.2 Å². The number of carbonyl (C=O) groups is 1. The van der Waals surface area contributed by atoms with E-state index in [0.717, 1.165) is 31.7 Å². The largest absolute Gasteiger partial charge is 0.370 e. The second-order valence-electron chi connectivity index (χ2n) is 5.56. The van der Waals surface area contributed by atoms with E-state index in [1.54, 1.807) is 0 Å². The van der Waals surface area contributed by atoms with Crippen LogP contribution in [0.4, 0.5) is 0 Å². The minimum Gasteiger partial charge on any atom is -0.370 e. The van der Waals surface area contributed by atoms with Gasteiger partial charge in [0.05, 0.1) is 0 Å². The Kier molecular flexibility index (Phi) is 5.96. The minimum absolute atomic E-state index is 0.00817. The van der Waals surface area contributed by atoms with Crippen molar-refractivity contribution in [2.24, 2.45) is 11.7 Å². The van der Waals surface area contributed by atoms with Crippen LogP contribution in [0.15, 0.2) is 0 Å². The number of carbonyl (C=O) groups excluding carboxylic acids is 1. The molecule has 0 heterocycles. The van der Waals surface area contributed by atoms with Gasteiger partial charge in [0.2, 0.25) is 5.91 Å². The molecule has 2 unspecified atom stereocenters. The summed E-state index contributed by atoms with van der Waals surface area (Å²) >= 11 is 0. The molecule has 2 atom stereocenters. The predicted molar refractivity (Wildman–Crippen MR) is 71.7 cm³/mol. The van der Waals surface area contributed by atoms with E-state index in [-0.39, 0.29) is 11.4 Å². The van der Waals surface area contributed by atoms with Crippen molar-refractivity contribution >= 4 is 5.91 Å². The van der Waals surface area contributed by atoms with Crippen molar-refractivity contribution in [2.45, 2.75) is 70.8 Å². The minimum atomic E-state index is -0.163. The van der Waals surface area contributed by atoms with Gasteiger partial charge in [-0.15, -0.1) is 0 Å². The Hall–Kier alpha value is -0.570. The third kappa shape index (κ3) is 4.66. The van der Waals surface area contributed by atoms with Crippen molar-refractivity contribution in [3.05, 3.63) is 0 Å². The van der Waals surface area contributed by atoms with Crippen molar-refractivity contribution in [3.8, 4) is 0 Å². The van der Waals surface area contributed by atoms with Crippen molar-refractivity contribution in [1.29, 1.82) is 0 Å². The first-order chi connectivity index (χ1) is 8.12. The fourth-order valence-electron chi connectivity index (χ4n) is 3.03. The average Bonchev–Trinajstić information content (AvgIpc) is 2.49. The maximum Gasteiger partial charge on any atom is 0.219 e. The topological polar surface area (TPSA) is 55.1 Å². The quantitative estimate of drug-likeness (QED) is 0.701. The highest BCUT2D eigenvalue weighted by molar-refractivity contribution is 5.75. The van der Waals surface area contributed by atoms with Crippen molar-refractivity contribution in [1.82, 2.24) is 5.32 Å². The summed E-state index contributed by atoms with van der Waals surface area (Å²) in [4.78, 5) is 11.3. The molecule has 17 heavy (non-hydrogen) atoms. The molecular formula is C14H28N2O. The smallest absolute Gasteiger partial charge is 0.219 e. The number of hydrogen-bond donors (Lipinski definition) is 2. The van der Waals surface area contributed by atoms with Crippen LogP contribution < -0.4 is 11.1 Å². The van der Waals surface area contributed by atoms with Gasteiger partial charge in [0, 0.05) is 12.0 Å². The van der Waals surface area contributed by atoms with Crippen LogP contribution in [0.3, 0.4) is 0 Å². The fraction of sp³-hybridized carbons (Fsp3) is 0.929. The van der Waals surface area contributed by atoms with Crippen LogP contribution in [0.25, 0.3) is 0 Å². The maximum atomic E-state index is 11.3. The number of primary amides is 1.